The number of carbonyl (C=O) groups is 1. The van der Waals surface area contributed by atoms with Crippen molar-refractivity contribution in [3.63, 3.8) is 0 Å². The van der Waals surface area contributed by atoms with Crippen LogP contribution in [0.4, 0.5) is 0 Å². The molecule has 1 aromatic carbocycles. The van der Waals surface area contributed by atoms with Crippen molar-refractivity contribution < 1.29 is 9.90 Å². The fourth-order valence-electron chi connectivity index (χ4n) is 2.66. The van der Waals surface area contributed by atoms with Crippen molar-refractivity contribution in [2.24, 2.45) is 0 Å². The van der Waals surface area contributed by atoms with Crippen molar-refractivity contribution in [3.8, 4) is 0 Å². The maximum absolute atomic E-state index is 10.4. The molecule has 102 valence electrons. The van der Waals surface area contributed by atoms with Gasteiger partial charge in [-0.1, -0.05) is 37.1 Å². The lowest BCUT2D eigenvalue weighted by molar-refractivity contribution is -0.131. The minimum atomic E-state index is -0.912. The van der Waals surface area contributed by atoms with Crippen molar-refractivity contribution in [3.05, 3.63) is 41.5 Å². The van der Waals surface area contributed by atoms with Crippen LogP contribution in [-0.2, 0) is 11.3 Å². The molecule has 0 heterocycles. The van der Waals surface area contributed by atoms with Gasteiger partial charge in [-0.05, 0) is 37.1 Å². The first-order valence-electron chi connectivity index (χ1n) is 6.85. The van der Waals surface area contributed by atoms with Crippen molar-refractivity contribution in [2.75, 3.05) is 7.05 Å². The Bertz CT molecular complexity index is 444. The molecule has 1 aliphatic rings. The Hall–Kier alpha value is -1.61. The summed E-state index contributed by atoms with van der Waals surface area (Å²) in [6.07, 6.45) is 8.13. The zero-order valence-corrected chi connectivity index (χ0v) is 11.4. The first-order chi connectivity index (χ1) is 9.15. The number of hydrogen-bond donors (Lipinski definition) is 1. The van der Waals surface area contributed by atoms with Crippen LogP contribution < -0.4 is 0 Å². The molecular formula is C16H21NO2. The Kier molecular flexibility index (Phi) is 4.74. The molecule has 0 bridgehead atoms. The zero-order valence-electron chi connectivity index (χ0n) is 11.4. The van der Waals surface area contributed by atoms with Gasteiger partial charge in [0, 0.05) is 18.7 Å². The molecule has 1 N–H and O–H groups in total. The highest BCUT2D eigenvalue weighted by atomic mass is 16.4. The first kappa shape index (κ1) is 13.8. The minimum Gasteiger partial charge on any atom is -0.478 e. The van der Waals surface area contributed by atoms with Gasteiger partial charge in [0.1, 0.15) is 0 Å². The Labute approximate surface area is 114 Å². The maximum atomic E-state index is 10.4. The van der Waals surface area contributed by atoms with E-state index in [1.54, 1.807) is 6.08 Å². The summed E-state index contributed by atoms with van der Waals surface area (Å²) in [5.41, 5.74) is 2.21. The molecule has 0 spiro atoms. The molecule has 0 atom stereocenters. The van der Waals surface area contributed by atoms with Crippen molar-refractivity contribution in [1.82, 2.24) is 4.90 Å². The summed E-state index contributed by atoms with van der Waals surface area (Å²) < 4.78 is 0. The minimum absolute atomic E-state index is 0.728. The predicted octanol–water partition coefficient (Wildman–Crippen LogP) is 3.16. The number of benzene rings is 1. The van der Waals surface area contributed by atoms with Crippen LogP contribution >= 0.6 is 0 Å². The van der Waals surface area contributed by atoms with E-state index >= 15 is 0 Å². The fourth-order valence-corrected chi connectivity index (χ4v) is 2.66. The quantitative estimate of drug-likeness (QED) is 0.826. The van der Waals surface area contributed by atoms with E-state index in [1.165, 1.54) is 37.3 Å². The largest absolute Gasteiger partial charge is 0.478 e. The first-order valence-corrected chi connectivity index (χ1v) is 6.85. The number of carboxylic acid groups (broad SMARTS) is 1. The van der Waals surface area contributed by atoms with Crippen molar-refractivity contribution in [2.45, 2.75) is 38.3 Å². The molecule has 1 fully saturated rings. The Balaban J connectivity index is 1.92. The molecule has 1 aliphatic carbocycles. The molecule has 2 rings (SSSR count). The van der Waals surface area contributed by atoms with E-state index in [0.717, 1.165) is 18.2 Å². The standard InChI is InChI=1S/C16H21NO2/c1-17(15-4-2-3-5-15)12-14-8-6-13(7-9-14)10-11-16(18)19/h6-11,15H,2-5,12H2,1H3,(H,18,19). The third-order valence-corrected chi connectivity index (χ3v) is 3.78. The van der Waals surface area contributed by atoms with Gasteiger partial charge in [0.15, 0.2) is 0 Å². The van der Waals surface area contributed by atoms with Gasteiger partial charge in [0.2, 0.25) is 0 Å². The van der Waals surface area contributed by atoms with E-state index in [4.69, 9.17) is 5.11 Å². The summed E-state index contributed by atoms with van der Waals surface area (Å²) in [7, 11) is 2.19. The molecular weight excluding hydrogens is 238 g/mol. The molecule has 1 aromatic rings. The second kappa shape index (κ2) is 6.53. The van der Waals surface area contributed by atoms with Gasteiger partial charge in [-0.15, -0.1) is 0 Å². The lowest BCUT2D eigenvalue weighted by atomic mass is 10.1. The van der Waals surface area contributed by atoms with Crippen LogP contribution in [0.5, 0.6) is 0 Å². The molecule has 0 aliphatic heterocycles. The SMILES string of the molecule is CN(Cc1ccc(C=CC(=O)O)cc1)C1CCCC1. The number of rotatable bonds is 5. The smallest absolute Gasteiger partial charge is 0.328 e. The summed E-state index contributed by atoms with van der Waals surface area (Å²) in [5.74, 6) is -0.912. The van der Waals surface area contributed by atoms with E-state index in [-0.39, 0.29) is 0 Å². The van der Waals surface area contributed by atoms with Gasteiger partial charge >= 0.3 is 5.97 Å². The average molecular weight is 259 g/mol. The van der Waals surface area contributed by atoms with Gasteiger partial charge in [0.25, 0.3) is 0 Å². The van der Waals surface area contributed by atoms with E-state index in [1.807, 2.05) is 12.1 Å². The molecule has 3 heteroatoms. The molecule has 3 nitrogen and oxygen atoms in total. The van der Waals surface area contributed by atoms with Gasteiger partial charge in [-0.3, -0.25) is 4.90 Å². The van der Waals surface area contributed by atoms with Crippen LogP contribution in [0.2, 0.25) is 0 Å². The van der Waals surface area contributed by atoms with Gasteiger partial charge < -0.3 is 5.11 Å². The van der Waals surface area contributed by atoms with Gasteiger partial charge in [-0.2, -0.15) is 0 Å². The van der Waals surface area contributed by atoms with Crippen LogP contribution in [0, 0.1) is 0 Å². The summed E-state index contributed by atoms with van der Waals surface area (Å²) in [4.78, 5) is 12.9. The molecule has 0 saturated heterocycles. The topological polar surface area (TPSA) is 40.5 Å². The summed E-state index contributed by atoms with van der Waals surface area (Å²) in [5, 5.41) is 8.58. The average Bonchev–Trinajstić information content (AvgIpc) is 2.92. The molecule has 0 radical (unpaired) electrons. The monoisotopic (exact) mass is 259 g/mol. The Morgan fingerprint density at radius 1 is 1.32 bits per heavy atom. The van der Waals surface area contributed by atoms with E-state index in [9.17, 15) is 4.79 Å². The normalized spacial score (nSPS) is 16.5. The number of hydrogen-bond acceptors (Lipinski definition) is 2. The molecule has 0 aromatic heterocycles. The van der Waals surface area contributed by atoms with Gasteiger partial charge in [0.05, 0.1) is 0 Å². The lowest BCUT2D eigenvalue weighted by Crippen LogP contribution is -2.28. The molecule has 0 amide bonds. The maximum Gasteiger partial charge on any atom is 0.328 e. The third-order valence-electron chi connectivity index (χ3n) is 3.78. The number of nitrogens with zero attached hydrogens (tertiary/aromatic N) is 1. The molecule has 1 saturated carbocycles. The number of aliphatic carboxylic acids is 1. The fraction of sp³-hybridized carbons (Fsp3) is 0.438. The number of carboxylic acids is 1. The predicted molar refractivity (Wildman–Crippen MR) is 76.8 cm³/mol. The van der Waals surface area contributed by atoms with Gasteiger partial charge in [-0.25, -0.2) is 4.79 Å². The summed E-state index contributed by atoms with van der Waals surface area (Å²) in [6, 6.07) is 8.82. The molecule has 0 unspecified atom stereocenters. The summed E-state index contributed by atoms with van der Waals surface area (Å²) in [6.45, 7) is 0.966. The highest BCUT2D eigenvalue weighted by Gasteiger charge is 2.19. The van der Waals surface area contributed by atoms with Crippen LogP contribution in [0.15, 0.2) is 30.3 Å². The molecule has 19 heavy (non-hydrogen) atoms. The lowest BCUT2D eigenvalue weighted by Gasteiger charge is -2.24. The van der Waals surface area contributed by atoms with Crippen LogP contribution in [0.3, 0.4) is 0 Å². The van der Waals surface area contributed by atoms with Crippen molar-refractivity contribution >= 4 is 12.0 Å². The Morgan fingerprint density at radius 3 is 2.53 bits per heavy atom. The Morgan fingerprint density at radius 2 is 1.95 bits per heavy atom. The van der Waals surface area contributed by atoms with E-state index in [2.05, 4.69) is 24.1 Å². The van der Waals surface area contributed by atoms with Crippen molar-refractivity contribution in [1.29, 1.82) is 0 Å². The second-order valence-corrected chi connectivity index (χ2v) is 5.27. The zero-order chi connectivity index (χ0) is 13.7. The van der Waals surface area contributed by atoms with Crippen LogP contribution in [0.25, 0.3) is 6.08 Å². The third kappa shape index (κ3) is 4.21. The summed E-state index contributed by atoms with van der Waals surface area (Å²) >= 11 is 0. The van der Waals surface area contributed by atoms with E-state index in [0.29, 0.717) is 0 Å². The van der Waals surface area contributed by atoms with E-state index < -0.39 is 5.97 Å². The van der Waals surface area contributed by atoms with Crippen LogP contribution in [-0.4, -0.2) is 29.1 Å². The highest BCUT2D eigenvalue weighted by Crippen LogP contribution is 2.23. The highest BCUT2D eigenvalue weighted by molar-refractivity contribution is 5.85. The second-order valence-electron chi connectivity index (χ2n) is 5.27. The van der Waals surface area contributed by atoms with Crippen LogP contribution in [0.1, 0.15) is 36.8 Å².